The maximum Gasteiger partial charge on any atom is 0.268 e. The van der Waals surface area contributed by atoms with E-state index in [0.29, 0.717) is 5.82 Å². The Morgan fingerprint density at radius 1 is 1.71 bits per heavy atom. The van der Waals surface area contributed by atoms with Gasteiger partial charge in [0.2, 0.25) is 0 Å². The van der Waals surface area contributed by atoms with Crippen LogP contribution in [-0.4, -0.2) is 16.1 Å². The Kier molecular flexibility index (Phi) is 3.37. The van der Waals surface area contributed by atoms with Gasteiger partial charge in [0.05, 0.1) is 12.3 Å². The van der Waals surface area contributed by atoms with Gasteiger partial charge >= 0.3 is 0 Å². The van der Waals surface area contributed by atoms with E-state index in [1.807, 2.05) is 13.8 Å². The van der Waals surface area contributed by atoms with E-state index in [-0.39, 0.29) is 18.3 Å². The van der Waals surface area contributed by atoms with Crippen LogP contribution >= 0.6 is 0 Å². The summed E-state index contributed by atoms with van der Waals surface area (Å²) in [5.41, 5.74) is -0.414. The summed E-state index contributed by atoms with van der Waals surface area (Å²) >= 11 is 0. The van der Waals surface area contributed by atoms with Crippen LogP contribution in [0.4, 0.5) is 0 Å². The van der Waals surface area contributed by atoms with Gasteiger partial charge in [-0.05, 0) is 13.8 Å². The lowest BCUT2D eigenvalue weighted by Crippen LogP contribution is -2.15. The molecule has 0 aliphatic carbocycles. The molecular formula is C9H11N3O2. The van der Waals surface area contributed by atoms with Crippen LogP contribution < -0.4 is 5.56 Å². The standard InChI is InChI=1S/C9H11N3O2/c1-6(2)14-5-8-11-4-7(3-10)9(13)12-8/h4,6H,5H2,1-2H3,(H,11,12,13). The average molecular weight is 193 g/mol. The van der Waals surface area contributed by atoms with Crippen molar-refractivity contribution in [1.82, 2.24) is 9.97 Å². The Labute approximate surface area is 81.4 Å². The van der Waals surface area contributed by atoms with Gasteiger partial charge in [0.15, 0.2) is 0 Å². The van der Waals surface area contributed by atoms with Gasteiger partial charge in [-0.1, -0.05) is 0 Å². The third kappa shape index (κ3) is 2.68. The summed E-state index contributed by atoms with van der Waals surface area (Å²) in [4.78, 5) is 17.5. The predicted molar refractivity (Wildman–Crippen MR) is 49.5 cm³/mol. The fourth-order valence-electron chi connectivity index (χ4n) is 0.830. The molecule has 14 heavy (non-hydrogen) atoms. The van der Waals surface area contributed by atoms with Gasteiger partial charge in [-0.3, -0.25) is 4.79 Å². The van der Waals surface area contributed by atoms with Crippen molar-refractivity contribution in [1.29, 1.82) is 5.26 Å². The topological polar surface area (TPSA) is 78.8 Å². The van der Waals surface area contributed by atoms with Crippen molar-refractivity contribution in [2.75, 3.05) is 0 Å². The second-order valence-corrected chi connectivity index (χ2v) is 3.04. The van der Waals surface area contributed by atoms with Crippen LogP contribution in [-0.2, 0) is 11.3 Å². The van der Waals surface area contributed by atoms with Gasteiger partial charge in [0, 0.05) is 0 Å². The Morgan fingerprint density at radius 2 is 2.43 bits per heavy atom. The Hall–Kier alpha value is -1.67. The molecule has 0 spiro atoms. The molecule has 74 valence electrons. The van der Waals surface area contributed by atoms with Crippen LogP contribution in [0.2, 0.25) is 0 Å². The molecule has 0 amide bonds. The molecule has 5 heteroatoms. The number of aromatic amines is 1. The van der Waals surface area contributed by atoms with Crippen molar-refractivity contribution in [2.24, 2.45) is 0 Å². The number of ether oxygens (including phenoxy) is 1. The number of H-pyrrole nitrogens is 1. The molecule has 0 aromatic carbocycles. The van der Waals surface area contributed by atoms with E-state index in [9.17, 15) is 4.79 Å². The largest absolute Gasteiger partial charge is 0.371 e. The molecule has 0 unspecified atom stereocenters. The van der Waals surface area contributed by atoms with Crippen LogP contribution in [0.15, 0.2) is 11.0 Å². The predicted octanol–water partition coefficient (Wildman–Crippen LogP) is 0.567. The molecule has 1 heterocycles. The Morgan fingerprint density at radius 3 is 2.93 bits per heavy atom. The van der Waals surface area contributed by atoms with E-state index in [1.165, 1.54) is 6.20 Å². The first-order valence-corrected chi connectivity index (χ1v) is 4.23. The maximum absolute atomic E-state index is 11.1. The monoisotopic (exact) mass is 193 g/mol. The lowest BCUT2D eigenvalue weighted by molar-refractivity contribution is 0.0611. The third-order valence-electron chi connectivity index (χ3n) is 1.53. The summed E-state index contributed by atoms with van der Waals surface area (Å²) in [6, 6.07) is 1.74. The van der Waals surface area contributed by atoms with Crippen LogP contribution in [0, 0.1) is 11.3 Å². The molecule has 1 aromatic heterocycles. The highest BCUT2D eigenvalue weighted by Crippen LogP contribution is 1.95. The normalized spacial score (nSPS) is 10.1. The van der Waals surface area contributed by atoms with Gasteiger partial charge in [-0.15, -0.1) is 0 Å². The minimum Gasteiger partial charge on any atom is -0.371 e. The van der Waals surface area contributed by atoms with Crippen LogP contribution in [0.5, 0.6) is 0 Å². The molecule has 0 saturated heterocycles. The van der Waals surface area contributed by atoms with Crippen molar-refractivity contribution in [3.63, 3.8) is 0 Å². The van der Waals surface area contributed by atoms with Gasteiger partial charge in [-0.25, -0.2) is 4.98 Å². The number of rotatable bonds is 3. The maximum atomic E-state index is 11.1. The molecule has 0 radical (unpaired) electrons. The van der Waals surface area contributed by atoms with Gasteiger partial charge in [0.1, 0.15) is 24.1 Å². The van der Waals surface area contributed by atoms with Crippen molar-refractivity contribution in [3.05, 3.63) is 27.9 Å². The molecule has 0 fully saturated rings. The molecule has 0 aliphatic rings. The van der Waals surface area contributed by atoms with E-state index in [0.717, 1.165) is 0 Å². The second-order valence-electron chi connectivity index (χ2n) is 3.04. The highest BCUT2D eigenvalue weighted by atomic mass is 16.5. The zero-order valence-corrected chi connectivity index (χ0v) is 8.07. The Bertz CT molecular complexity index is 403. The molecule has 1 rings (SSSR count). The van der Waals surface area contributed by atoms with Gasteiger partial charge in [-0.2, -0.15) is 5.26 Å². The van der Waals surface area contributed by atoms with E-state index in [2.05, 4.69) is 9.97 Å². The van der Waals surface area contributed by atoms with Crippen molar-refractivity contribution in [2.45, 2.75) is 26.6 Å². The number of nitriles is 1. The first kappa shape index (κ1) is 10.4. The van der Waals surface area contributed by atoms with Crippen LogP contribution in [0.1, 0.15) is 25.2 Å². The first-order valence-electron chi connectivity index (χ1n) is 4.23. The summed E-state index contributed by atoms with van der Waals surface area (Å²) in [5, 5.41) is 8.49. The number of aromatic nitrogens is 2. The quantitative estimate of drug-likeness (QED) is 0.761. The SMILES string of the molecule is CC(C)OCc1ncc(C#N)c(=O)[nH]1. The molecule has 0 atom stereocenters. The second kappa shape index (κ2) is 4.53. The zero-order valence-electron chi connectivity index (χ0n) is 8.07. The van der Waals surface area contributed by atoms with Crippen molar-refractivity contribution < 1.29 is 4.74 Å². The fourth-order valence-corrected chi connectivity index (χ4v) is 0.830. The molecule has 0 aliphatic heterocycles. The highest BCUT2D eigenvalue weighted by molar-refractivity contribution is 5.21. The van der Waals surface area contributed by atoms with E-state index >= 15 is 0 Å². The lowest BCUT2D eigenvalue weighted by atomic mass is 10.4. The first-order chi connectivity index (χ1) is 6.63. The minimum atomic E-state index is -0.426. The molecule has 0 saturated carbocycles. The number of nitrogens with one attached hydrogen (secondary N) is 1. The smallest absolute Gasteiger partial charge is 0.268 e. The Balaban J connectivity index is 2.78. The molecular weight excluding hydrogens is 182 g/mol. The number of hydrogen-bond acceptors (Lipinski definition) is 4. The van der Waals surface area contributed by atoms with E-state index in [4.69, 9.17) is 10.00 Å². The molecule has 0 bridgehead atoms. The van der Waals surface area contributed by atoms with Gasteiger partial charge in [0.25, 0.3) is 5.56 Å². The summed E-state index contributed by atoms with van der Waals surface area (Å²) in [5.74, 6) is 0.433. The van der Waals surface area contributed by atoms with Crippen LogP contribution in [0.25, 0.3) is 0 Å². The zero-order chi connectivity index (χ0) is 10.6. The van der Waals surface area contributed by atoms with E-state index in [1.54, 1.807) is 6.07 Å². The van der Waals surface area contributed by atoms with Crippen LogP contribution in [0.3, 0.4) is 0 Å². The van der Waals surface area contributed by atoms with Crippen molar-refractivity contribution >= 4 is 0 Å². The average Bonchev–Trinajstić information content (AvgIpc) is 2.15. The molecule has 1 aromatic rings. The lowest BCUT2D eigenvalue weighted by Gasteiger charge is -2.05. The summed E-state index contributed by atoms with van der Waals surface area (Å²) in [6.45, 7) is 4.03. The summed E-state index contributed by atoms with van der Waals surface area (Å²) < 4.78 is 5.24. The highest BCUT2D eigenvalue weighted by Gasteiger charge is 2.02. The number of hydrogen-bond donors (Lipinski definition) is 1. The van der Waals surface area contributed by atoms with Crippen molar-refractivity contribution in [3.8, 4) is 6.07 Å². The molecule has 5 nitrogen and oxygen atoms in total. The summed E-state index contributed by atoms with van der Waals surface area (Å²) in [6.07, 6.45) is 1.33. The minimum absolute atomic E-state index is 0.0123. The number of nitrogens with zero attached hydrogens (tertiary/aromatic N) is 2. The van der Waals surface area contributed by atoms with E-state index < -0.39 is 5.56 Å². The summed E-state index contributed by atoms with van der Waals surface area (Å²) in [7, 11) is 0. The van der Waals surface area contributed by atoms with Gasteiger partial charge < -0.3 is 9.72 Å². The molecule has 1 N–H and O–H groups in total. The third-order valence-corrected chi connectivity index (χ3v) is 1.53. The fraction of sp³-hybridized carbons (Fsp3) is 0.444.